The lowest BCUT2D eigenvalue weighted by atomic mass is 9.91. The normalized spacial score (nSPS) is 25.8. The molecule has 4 fully saturated rings. The second-order valence-corrected chi connectivity index (χ2v) is 16.8. The lowest BCUT2D eigenvalue weighted by Gasteiger charge is -2.42. The summed E-state index contributed by atoms with van der Waals surface area (Å²) in [5.74, 6) is -0.838. The zero-order valence-electron chi connectivity index (χ0n) is 32.4. The fourth-order valence-electron chi connectivity index (χ4n) is 10.5. The Morgan fingerprint density at radius 1 is 0.965 bits per heavy atom. The topological polar surface area (TPSA) is 137 Å². The van der Waals surface area contributed by atoms with Gasteiger partial charge >= 0.3 is 0 Å². The first-order valence-corrected chi connectivity index (χ1v) is 20.6. The van der Waals surface area contributed by atoms with Crippen molar-refractivity contribution >= 4 is 34.9 Å². The third-order valence-electron chi connectivity index (χ3n) is 13.6. The van der Waals surface area contributed by atoms with E-state index in [2.05, 4.69) is 53.4 Å². The Balaban J connectivity index is 0.785. The number of alkyl halides is 1. The van der Waals surface area contributed by atoms with Crippen LogP contribution < -0.4 is 20.4 Å². The molecule has 4 saturated heterocycles. The average molecular weight is 784 g/mol. The molecule has 0 saturated carbocycles. The number of nitrogens with zero attached hydrogens (tertiary/aromatic N) is 7. The molecule has 0 spiro atoms. The number of hydrogen-bond acceptors (Lipinski definition) is 11. The number of rotatable bonds is 9. The summed E-state index contributed by atoms with van der Waals surface area (Å²) < 4.78 is 29.3. The predicted octanol–water partition coefficient (Wildman–Crippen LogP) is 4.16. The maximum absolute atomic E-state index is 15.1. The molecular formula is C42H51F2N9O4. The molecule has 7 heterocycles. The van der Waals surface area contributed by atoms with Crippen LogP contribution in [0, 0.1) is 11.7 Å². The fourth-order valence-corrected chi connectivity index (χ4v) is 10.5. The van der Waals surface area contributed by atoms with E-state index < -0.39 is 29.8 Å². The molecule has 0 aliphatic carbocycles. The Labute approximate surface area is 331 Å². The SMILES string of the molecule is CCN(C1CCN(CC2CCN(c3ccc4c(c3)C(=O)N([C@H]3CCC(=O)NC3=O)C4)CC2)CC1)[C@H]1CN2c3cc(-c4cccc(F)c4O)nnc3NC[C@@]2(CF)C1. The summed E-state index contributed by atoms with van der Waals surface area (Å²) >= 11 is 0. The lowest BCUT2D eigenvalue weighted by Crippen LogP contribution is -2.54. The molecule has 57 heavy (non-hydrogen) atoms. The van der Waals surface area contributed by atoms with Crippen LogP contribution in [0.2, 0.25) is 0 Å². The number of nitrogens with one attached hydrogen (secondary N) is 2. The standard InChI is InChI=1S/C42H51F2N9O4/c1-2-51(30-20-42(24-43)25-45-39-36(53(42)23-30)19-34(47-48-39)31-4-3-5-33(44)38(31)55)28-12-14-49(15-13-28)21-26-10-16-50(17-11-26)29-7-6-27-22-52(41(57)32(27)18-29)35-8-9-37(54)46-40(35)56/h3-7,18-19,26,28,30,35,55H,2,8-17,20-25H2,1H3,(H,45,48)(H,46,54,56)/t30-,35+,42+/m1/s1. The number of phenols is 1. The van der Waals surface area contributed by atoms with Crippen molar-refractivity contribution < 1.29 is 28.3 Å². The van der Waals surface area contributed by atoms with Crippen LogP contribution >= 0.6 is 0 Å². The summed E-state index contributed by atoms with van der Waals surface area (Å²) in [6.45, 7) is 9.03. The van der Waals surface area contributed by atoms with Gasteiger partial charge in [-0.15, -0.1) is 10.2 Å². The number of likely N-dealkylation sites (N-methyl/N-ethyl adjacent to an activating group) is 1. The minimum Gasteiger partial charge on any atom is -0.504 e. The number of phenolic OH excluding ortho intramolecular Hbond substituents is 1. The van der Waals surface area contributed by atoms with E-state index in [0.717, 1.165) is 81.9 Å². The lowest BCUT2D eigenvalue weighted by molar-refractivity contribution is -0.136. The Kier molecular flexibility index (Phi) is 10.00. The van der Waals surface area contributed by atoms with Crippen LogP contribution in [0.15, 0.2) is 42.5 Å². The highest BCUT2D eigenvalue weighted by atomic mass is 19.1. The average Bonchev–Trinajstić information content (AvgIpc) is 3.78. The quantitative estimate of drug-likeness (QED) is 0.270. The maximum atomic E-state index is 15.1. The second-order valence-electron chi connectivity index (χ2n) is 16.8. The number of para-hydroxylation sites is 1. The van der Waals surface area contributed by atoms with Crippen molar-refractivity contribution in [2.75, 3.05) is 74.1 Å². The molecule has 302 valence electrons. The van der Waals surface area contributed by atoms with Gasteiger partial charge in [0, 0.05) is 74.6 Å². The van der Waals surface area contributed by atoms with Crippen molar-refractivity contribution in [3.05, 3.63) is 59.4 Å². The highest BCUT2D eigenvalue weighted by Crippen LogP contribution is 2.45. The zero-order valence-corrected chi connectivity index (χ0v) is 32.4. The van der Waals surface area contributed by atoms with Gasteiger partial charge in [0.15, 0.2) is 17.4 Å². The van der Waals surface area contributed by atoms with E-state index in [9.17, 15) is 23.9 Å². The minimum absolute atomic E-state index is 0.137. The number of hydrogen-bond donors (Lipinski definition) is 3. The van der Waals surface area contributed by atoms with Crippen molar-refractivity contribution in [2.45, 2.75) is 82.1 Å². The molecule has 3 amide bonds. The number of fused-ring (bicyclic) bond motifs is 4. The summed E-state index contributed by atoms with van der Waals surface area (Å²) in [5, 5.41) is 24.7. The molecule has 2 aromatic carbocycles. The van der Waals surface area contributed by atoms with E-state index in [1.54, 1.807) is 17.0 Å². The third-order valence-corrected chi connectivity index (χ3v) is 13.6. The second kappa shape index (κ2) is 15.1. The number of halogens is 2. The van der Waals surface area contributed by atoms with Crippen molar-refractivity contribution in [1.29, 1.82) is 0 Å². The number of anilines is 3. The van der Waals surface area contributed by atoms with Gasteiger partial charge in [-0.1, -0.05) is 19.1 Å². The van der Waals surface area contributed by atoms with Gasteiger partial charge in [0.25, 0.3) is 5.91 Å². The molecular weight excluding hydrogens is 733 g/mol. The summed E-state index contributed by atoms with van der Waals surface area (Å²) in [6, 6.07) is 12.2. The molecule has 0 bridgehead atoms. The molecule has 3 N–H and O–H groups in total. The van der Waals surface area contributed by atoms with Gasteiger partial charge in [-0.3, -0.25) is 24.6 Å². The largest absolute Gasteiger partial charge is 0.504 e. The number of benzene rings is 2. The first-order valence-electron chi connectivity index (χ1n) is 20.6. The van der Waals surface area contributed by atoms with Crippen LogP contribution in [0.5, 0.6) is 5.75 Å². The van der Waals surface area contributed by atoms with Crippen LogP contribution in [0.4, 0.5) is 26.0 Å². The van der Waals surface area contributed by atoms with Crippen LogP contribution in [-0.2, 0) is 16.1 Å². The number of amides is 3. The molecule has 9 rings (SSSR count). The Morgan fingerprint density at radius 2 is 1.77 bits per heavy atom. The third kappa shape index (κ3) is 6.85. The van der Waals surface area contributed by atoms with Crippen LogP contribution in [0.3, 0.4) is 0 Å². The van der Waals surface area contributed by atoms with Crippen molar-refractivity contribution in [2.24, 2.45) is 5.92 Å². The van der Waals surface area contributed by atoms with E-state index in [1.165, 1.54) is 12.1 Å². The Hall–Kier alpha value is -4.89. The van der Waals surface area contributed by atoms with Gasteiger partial charge < -0.3 is 30.0 Å². The summed E-state index contributed by atoms with van der Waals surface area (Å²) in [4.78, 5) is 48.8. The molecule has 13 nitrogen and oxygen atoms in total. The smallest absolute Gasteiger partial charge is 0.255 e. The van der Waals surface area contributed by atoms with Gasteiger partial charge in [0.1, 0.15) is 12.7 Å². The number of aromatic hydroxyl groups is 1. The van der Waals surface area contributed by atoms with Crippen LogP contribution in [-0.4, -0.2) is 130 Å². The Bertz CT molecular complexity index is 2060. The van der Waals surface area contributed by atoms with E-state index in [-0.39, 0.29) is 35.7 Å². The number of piperidine rings is 3. The van der Waals surface area contributed by atoms with Crippen LogP contribution in [0.25, 0.3) is 11.3 Å². The molecule has 3 aromatic rings. The molecule has 0 radical (unpaired) electrons. The van der Waals surface area contributed by atoms with E-state index >= 15 is 4.39 Å². The minimum atomic E-state index is -0.728. The van der Waals surface area contributed by atoms with E-state index in [1.807, 2.05) is 12.1 Å². The fraction of sp³-hybridized carbons (Fsp3) is 0.548. The van der Waals surface area contributed by atoms with Crippen molar-refractivity contribution in [3.8, 4) is 17.0 Å². The van der Waals surface area contributed by atoms with Crippen LogP contribution in [0.1, 0.15) is 67.8 Å². The Morgan fingerprint density at radius 3 is 2.53 bits per heavy atom. The van der Waals surface area contributed by atoms with E-state index in [4.69, 9.17) is 0 Å². The highest BCUT2D eigenvalue weighted by molar-refractivity contribution is 6.05. The molecule has 6 aliphatic heterocycles. The molecule has 3 atom stereocenters. The zero-order chi connectivity index (χ0) is 39.4. The number of aromatic nitrogens is 2. The number of likely N-dealkylation sites (tertiary alicyclic amines) is 1. The summed E-state index contributed by atoms with van der Waals surface area (Å²) in [6.07, 6.45) is 5.58. The van der Waals surface area contributed by atoms with Gasteiger partial charge in [-0.25, -0.2) is 8.78 Å². The molecule has 1 aromatic heterocycles. The van der Waals surface area contributed by atoms with Crippen molar-refractivity contribution in [3.63, 3.8) is 0 Å². The van der Waals surface area contributed by atoms with Crippen molar-refractivity contribution in [1.82, 2.24) is 30.2 Å². The van der Waals surface area contributed by atoms with Gasteiger partial charge in [0.2, 0.25) is 11.8 Å². The van der Waals surface area contributed by atoms with Gasteiger partial charge in [0.05, 0.1) is 16.9 Å². The summed E-state index contributed by atoms with van der Waals surface area (Å²) in [5.41, 5.74) is 3.23. The van der Waals surface area contributed by atoms with E-state index in [0.29, 0.717) is 61.5 Å². The first kappa shape index (κ1) is 37.7. The predicted molar refractivity (Wildman–Crippen MR) is 211 cm³/mol. The first-order chi connectivity index (χ1) is 27.6. The molecule has 6 aliphatic rings. The number of carbonyl (C=O) groups is 3. The maximum Gasteiger partial charge on any atom is 0.255 e. The summed E-state index contributed by atoms with van der Waals surface area (Å²) in [7, 11) is 0. The van der Waals surface area contributed by atoms with Gasteiger partial charge in [-0.05, 0) is 100.0 Å². The number of carbonyl (C=O) groups excluding carboxylic acids is 3. The number of imide groups is 1. The molecule has 0 unspecified atom stereocenters. The molecule has 15 heteroatoms. The van der Waals surface area contributed by atoms with Gasteiger partial charge in [-0.2, -0.15) is 0 Å². The highest BCUT2D eigenvalue weighted by Gasteiger charge is 2.51. The monoisotopic (exact) mass is 783 g/mol.